The Morgan fingerprint density at radius 1 is 0.222 bits per heavy atom. The Morgan fingerprint density at radius 2 is 0.375 bits per heavy atom. The van der Waals surface area contributed by atoms with E-state index in [2.05, 4.69) is 20.8 Å². The monoisotopic (exact) mass is 1020 g/mol. The molecule has 6 heteroatoms. The van der Waals surface area contributed by atoms with E-state index in [0.717, 1.165) is 57.8 Å². The molecule has 0 aliphatic rings. The molecule has 0 aromatic carbocycles. The summed E-state index contributed by atoms with van der Waals surface area (Å²) in [6, 6.07) is 0. The molecule has 0 saturated carbocycles. The minimum absolute atomic E-state index is 0.0608. The van der Waals surface area contributed by atoms with E-state index in [1.54, 1.807) is 0 Å². The van der Waals surface area contributed by atoms with E-state index in [0.29, 0.717) is 19.3 Å². The molecule has 6 nitrogen and oxygen atoms in total. The van der Waals surface area contributed by atoms with E-state index in [1.807, 2.05) is 0 Å². The smallest absolute Gasteiger partial charge is 0.306 e. The van der Waals surface area contributed by atoms with Crippen LogP contribution in [0.3, 0.4) is 0 Å². The Bertz CT molecular complexity index is 1080. The highest BCUT2D eigenvalue weighted by atomic mass is 16.6. The zero-order chi connectivity index (χ0) is 52.2. The van der Waals surface area contributed by atoms with Crippen LogP contribution in [-0.4, -0.2) is 37.2 Å². The van der Waals surface area contributed by atoms with Gasteiger partial charge in [-0.05, 0) is 19.3 Å². The molecule has 0 aromatic heterocycles. The zero-order valence-electron chi connectivity index (χ0n) is 49.2. The van der Waals surface area contributed by atoms with Crippen molar-refractivity contribution in [3.05, 3.63) is 0 Å². The predicted octanol–water partition coefficient (Wildman–Crippen LogP) is 22.3. The summed E-state index contributed by atoms with van der Waals surface area (Å²) in [6.45, 7) is 6.72. The lowest BCUT2D eigenvalue weighted by Crippen LogP contribution is -2.30. The summed E-state index contributed by atoms with van der Waals surface area (Å²) in [5.74, 6) is -0.828. The van der Waals surface area contributed by atoms with Crippen molar-refractivity contribution in [1.82, 2.24) is 0 Å². The van der Waals surface area contributed by atoms with Gasteiger partial charge in [-0.25, -0.2) is 0 Å². The third-order valence-electron chi connectivity index (χ3n) is 15.4. The van der Waals surface area contributed by atoms with Gasteiger partial charge in [-0.1, -0.05) is 348 Å². The van der Waals surface area contributed by atoms with Crippen LogP contribution in [0.5, 0.6) is 0 Å². The second-order valence-electron chi connectivity index (χ2n) is 22.8. The van der Waals surface area contributed by atoms with Crippen molar-refractivity contribution in [2.75, 3.05) is 13.2 Å². The molecule has 72 heavy (non-hydrogen) atoms. The van der Waals surface area contributed by atoms with Crippen molar-refractivity contribution < 1.29 is 28.6 Å². The van der Waals surface area contributed by atoms with Crippen molar-refractivity contribution in [2.45, 2.75) is 393 Å². The molecule has 0 heterocycles. The average Bonchev–Trinajstić information content (AvgIpc) is 3.38. The maximum atomic E-state index is 12.9. The number of ether oxygens (including phenoxy) is 3. The van der Waals surface area contributed by atoms with Gasteiger partial charge in [-0.3, -0.25) is 14.4 Å². The fraction of sp³-hybridized carbons (Fsp3) is 0.955. The van der Waals surface area contributed by atoms with E-state index < -0.39 is 6.10 Å². The first-order valence-corrected chi connectivity index (χ1v) is 33.0. The molecule has 1 unspecified atom stereocenters. The molecular weight excluding hydrogens is 889 g/mol. The van der Waals surface area contributed by atoms with Crippen LogP contribution in [0.15, 0.2) is 0 Å². The van der Waals surface area contributed by atoms with Gasteiger partial charge in [0, 0.05) is 19.3 Å². The fourth-order valence-electron chi connectivity index (χ4n) is 10.4. The summed E-state index contributed by atoms with van der Waals surface area (Å²) in [7, 11) is 0. The lowest BCUT2D eigenvalue weighted by atomic mass is 10.0. The highest BCUT2D eigenvalue weighted by molar-refractivity contribution is 5.71. The molecule has 0 saturated heterocycles. The van der Waals surface area contributed by atoms with Crippen LogP contribution < -0.4 is 0 Å². The number of hydrogen-bond donors (Lipinski definition) is 0. The topological polar surface area (TPSA) is 78.9 Å². The molecule has 0 fully saturated rings. The number of rotatable bonds is 62. The van der Waals surface area contributed by atoms with Crippen LogP contribution in [0.2, 0.25) is 0 Å². The molecule has 0 aromatic rings. The van der Waals surface area contributed by atoms with Crippen molar-refractivity contribution in [1.29, 1.82) is 0 Å². The summed E-state index contributed by atoms with van der Waals surface area (Å²) in [5.41, 5.74) is 0. The minimum atomic E-state index is -0.761. The quantitative estimate of drug-likeness (QED) is 0.0343. The van der Waals surface area contributed by atoms with Crippen LogP contribution in [-0.2, 0) is 28.6 Å². The van der Waals surface area contributed by atoms with Gasteiger partial charge in [0.1, 0.15) is 13.2 Å². The molecule has 0 N–H and O–H groups in total. The Labute approximate surface area is 450 Å². The molecule has 0 radical (unpaired) electrons. The van der Waals surface area contributed by atoms with E-state index in [1.165, 1.54) is 289 Å². The Kier molecular flexibility index (Phi) is 60.6. The lowest BCUT2D eigenvalue weighted by Gasteiger charge is -2.18. The van der Waals surface area contributed by atoms with Crippen LogP contribution in [0.1, 0.15) is 387 Å². The second-order valence-corrected chi connectivity index (χ2v) is 22.8. The molecule has 0 amide bonds. The number of esters is 3. The van der Waals surface area contributed by atoms with Gasteiger partial charge in [-0.15, -0.1) is 0 Å². The van der Waals surface area contributed by atoms with Gasteiger partial charge in [0.25, 0.3) is 0 Å². The van der Waals surface area contributed by atoms with Crippen molar-refractivity contribution in [3.63, 3.8) is 0 Å². The number of hydrogen-bond acceptors (Lipinski definition) is 6. The van der Waals surface area contributed by atoms with Crippen molar-refractivity contribution in [2.24, 2.45) is 0 Å². The first-order valence-electron chi connectivity index (χ1n) is 33.0. The van der Waals surface area contributed by atoms with E-state index in [-0.39, 0.29) is 31.1 Å². The SMILES string of the molecule is CCCCCCCCCCCCCCCCCCCCCCCCCCCCCCC(=O)OCC(COC(=O)CCCCCCCCCCCCCC)OC(=O)CCCCCCCCCCCCCCCC. The van der Waals surface area contributed by atoms with E-state index in [9.17, 15) is 14.4 Å². The van der Waals surface area contributed by atoms with Gasteiger partial charge in [0.2, 0.25) is 0 Å². The summed E-state index contributed by atoms with van der Waals surface area (Å²) >= 11 is 0. The summed E-state index contributed by atoms with van der Waals surface area (Å²) in [6.07, 6.45) is 71.3. The van der Waals surface area contributed by atoms with Crippen LogP contribution in [0.25, 0.3) is 0 Å². The zero-order valence-corrected chi connectivity index (χ0v) is 49.2. The highest BCUT2D eigenvalue weighted by Gasteiger charge is 2.19. The molecule has 0 bridgehead atoms. The van der Waals surface area contributed by atoms with E-state index in [4.69, 9.17) is 14.2 Å². The van der Waals surface area contributed by atoms with Gasteiger partial charge in [-0.2, -0.15) is 0 Å². The normalized spacial score (nSPS) is 11.9. The molecule has 1 atom stereocenters. The van der Waals surface area contributed by atoms with Crippen molar-refractivity contribution >= 4 is 17.9 Å². The maximum Gasteiger partial charge on any atom is 0.306 e. The third-order valence-corrected chi connectivity index (χ3v) is 15.4. The Hall–Kier alpha value is -1.59. The number of carbonyl (C=O) groups excluding carboxylic acids is 3. The van der Waals surface area contributed by atoms with Gasteiger partial charge < -0.3 is 14.2 Å². The fourth-order valence-corrected chi connectivity index (χ4v) is 10.4. The third kappa shape index (κ3) is 59.3. The highest BCUT2D eigenvalue weighted by Crippen LogP contribution is 2.19. The Morgan fingerprint density at radius 3 is 0.556 bits per heavy atom. The van der Waals surface area contributed by atoms with Gasteiger partial charge >= 0.3 is 17.9 Å². The van der Waals surface area contributed by atoms with Crippen LogP contribution in [0, 0.1) is 0 Å². The van der Waals surface area contributed by atoms with Crippen molar-refractivity contribution in [3.8, 4) is 0 Å². The summed E-state index contributed by atoms with van der Waals surface area (Å²) in [4.78, 5) is 38.2. The maximum absolute atomic E-state index is 12.9. The predicted molar refractivity (Wildman–Crippen MR) is 312 cm³/mol. The second kappa shape index (κ2) is 62.0. The first kappa shape index (κ1) is 70.4. The standard InChI is InChI=1S/C66H128O6/c1-4-7-10-13-16-19-22-25-27-28-29-30-31-32-33-34-35-36-37-38-39-40-42-44-47-50-53-56-59-65(68)71-62-63(61-70-64(67)58-55-52-49-46-43-24-21-18-15-12-9-6-3)72-66(69)60-57-54-51-48-45-41-26-23-20-17-14-11-8-5-2/h63H,4-62H2,1-3H3. The first-order chi connectivity index (χ1) is 35.5. The largest absolute Gasteiger partial charge is 0.462 e. The molecule has 0 aliphatic carbocycles. The summed E-state index contributed by atoms with van der Waals surface area (Å²) in [5, 5.41) is 0. The average molecular weight is 1020 g/mol. The molecule has 0 rings (SSSR count). The minimum Gasteiger partial charge on any atom is -0.462 e. The van der Waals surface area contributed by atoms with Crippen LogP contribution >= 0.6 is 0 Å². The number of carbonyl (C=O) groups is 3. The van der Waals surface area contributed by atoms with Gasteiger partial charge in [0.05, 0.1) is 0 Å². The Balaban J connectivity index is 4.09. The van der Waals surface area contributed by atoms with E-state index >= 15 is 0 Å². The molecule has 0 aliphatic heterocycles. The lowest BCUT2D eigenvalue weighted by molar-refractivity contribution is -0.167. The molecule has 0 spiro atoms. The molecular formula is C66H128O6. The molecule has 428 valence electrons. The summed E-state index contributed by atoms with van der Waals surface area (Å²) < 4.78 is 16.9. The van der Waals surface area contributed by atoms with Gasteiger partial charge in [0.15, 0.2) is 6.10 Å². The van der Waals surface area contributed by atoms with Crippen LogP contribution in [0.4, 0.5) is 0 Å². The number of unbranched alkanes of at least 4 members (excludes halogenated alkanes) is 51.